The molecule has 1 aromatic rings. The monoisotopic (exact) mass is 373 g/mol. The Labute approximate surface area is 161 Å². The quantitative estimate of drug-likeness (QED) is 0.819. The third-order valence-corrected chi connectivity index (χ3v) is 7.91. The fourth-order valence-corrected chi connectivity index (χ4v) is 6.56. The van der Waals surface area contributed by atoms with Crippen LogP contribution in [0.5, 0.6) is 11.5 Å². The maximum atomic E-state index is 11.2. The van der Waals surface area contributed by atoms with Crippen molar-refractivity contribution in [1.82, 2.24) is 4.90 Å². The predicted molar refractivity (Wildman–Crippen MR) is 102 cm³/mol. The zero-order valence-corrected chi connectivity index (χ0v) is 16.8. The highest BCUT2D eigenvalue weighted by molar-refractivity contribution is 5.56. The molecule has 5 heteroatoms. The topological polar surface area (TPSA) is 51.2 Å². The molecule has 1 spiro atoms. The van der Waals surface area contributed by atoms with Crippen LogP contribution in [0.3, 0.4) is 0 Å². The Morgan fingerprint density at radius 3 is 2.63 bits per heavy atom. The van der Waals surface area contributed by atoms with E-state index in [0.717, 1.165) is 44.2 Å². The summed E-state index contributed by atoms with van der Waals surface area (Å²) in [5, 5.41) is 11.2. The van der Waals surface area contributed by atoms with Gasteiger partial charge < -0.3 is 24.2 Å². The van der Waals surface area contributed by atoms with Crippen molar-refractivity contribution in [2.45, 2.75) is 75.4 Å². The second-order valence-electron chi connectivity index (χ2n) is 9.19. The molecule has 3 fully saturated rings. The third kappa shape index (κ3) is 2.34. The molecule has 5 rings (SSSR count). The van der Waals surface area contributed by atoms with Crippen LogP contribution in [-0.4, -0.2) is 54.7 Å². The second kappa shape index (κ2) is 5.85. The summed E-state index contributed by atoms with van der Waals surface area (Å²) in [6.45, 7) is 5.25. The van der Waals surface area contributed by atoms with Crippen molar-refractivity contribution in [3.8, 4) is 11.5 Å². The molecule has 1 N–H and O–H groups in total. The summed E-state index contributed by atoms with van der Waals surface area (Å²) in [7, 11) is 3.88. The standard InChI is InChI=1S/C22H31NO4/c1-13-14(2)27-22(26-13)8-7-16-17-11-15-5-6-18(25-4)20(24)19(15)21(16,12-22)9-10-23(17)3/h5-6,13-14,16-17,24H,7-12H2,1-4H3/t13?,14?,16?,17-,21+,22?/m1/s1. The number of benzene rings is 1. The predicted octanol–water partition coefficient (Wildman–Crippen LogP) is 3.22. The number of aromatic hydroxyl groups is 1. The van der Waals surface area contributed by atoms with Crippen LogP contribution in [0.25, 0.3) is 0 Å². The first-order valence-corrected chi connectivity index (χ1v) is 10.3. The van der Waals surface area contributed by atoms with Crippen molar-refractivity contribution in [3.05, 3.63) is 23.3 Å². The first kappa shape index (κ1) is 17.8. The summed E-state index contributed by atoms with van der Waals surface area (Å²) in [5.41, 5.74) is 2.26. The molecule has 0 aromatic heterocycles. The normalized spacial score (nSPS) is 43.4. The van der Waals surface area contributed by atoms with E-state index in [2.05, 4.69) is 31.9 Å². The molecule has 1 aromatic carbocycles. The summed E-state index contributed by atoms with van der Waals surface area (Å²) in [5.74, 6) is 0.915. The lowest BCUT2D eigenvalue weighted by Crippen LogP contribution is -2.63. The number of phenolic OH excluding ortho intramolecular Hbond substituents is 1. The van der Waals surface area contributed by atoms with Gasteiger partial charge in [-0.25, -0.2) is 0 Å². The maximum Gasteiger partial charge on any atom is 0.170 e. The molecule has 27 heavy (non-hydrogen) atoms. The van der Waals surface area contributed by atoms with Crippen molar-refractivity contribution < 1.29 is 19.3 Å². The average Bonchev–Trinajstić information content (AvgIpc) is 2.90. The lowest BCUT2D eigenvalue weighted by atomic mass is 9.51. The summed E-state index contributed by atoms with van der Waals surface area (Å²) < 4.78 is 18.3. The van der Waals surface area contributed by atoms with E-state index in [1.165, 1.54) is 5.56 Å². The van der Waals surface area contributed by atoms with Crippen molar-refractivity contribution in [2.24, 2.45) is 5.92 Å². The van der Waals surface area contributed by atoms with E-state index in [1.807, 2.05) is 6.07 Å². The van der Waals surface area contributed by atoms with Crippen molar-refractivity contribution >= 4 is 0 Å². The van der Waals surface area contributed by atoms with Gasteiger partial charge in [-0.15, -0.1) is 0 Å². The van der Waals surface area contributed by atoms with Gasteiger partial charge in [-0.3, -0.25) is 0 Å². The molecule has 5 nitrogen and oxygen atoms in total. The molecule has 2 aliphatic carbocycles. The molecular formula is C22H31NO4. The number of likely N-dealkylation sites (N-methyl/N-ethyl adjacent to an activating group) is 1. The van der Waals surface area contributed by atoms with Gasteiger partial charge in [0.1, 0.15) is 0 Å². The van der Waals surface area contributed by atoms with Gasteiger partial charge in [0.15, 0.2) is 17.3 Å². The summed E-state index contributed by atoms with van der Waals surface area (Å²) >= 11 is 0. The van der Waals surface area contributed by atoms with Crippen LogP contribution in [0.15, 0.2) is 12.1 Å². The highest BCUT2D eigenvalue weighted by Crippen LogP contribution is 2.62. The zero-order valence-electron chi connectivity index (χ0n) is 16.8. The van der Waals surface area contributed by atoms with E-state index >= 15 is 0 Å². The van der Waals surface area contributed by atoms with Crippen molar-refractivity contribution in [2.75, 3.05) is 20.7 Å². The number of likely N-dealkylation sites (tertiary alicyclic amines) is 1. The minimum Gasteiger partial charge on any atom is -0.504 e. The van der Waals surface area contributed by atoms with Gasteiger partial charge in [-0.05, 0) is 64.3 Å². The number of phenols is 1. The summed E-state index contributed by atoms with van der Waals surface area (Å²) in [6.07, 6.45) is 5.09. The van der Waals surface area contributed by atoms with Crippen LogP contribution < -0.4 is 4.74 Å². The minimum atomic E-state index is -0.514. The minimum absolute atomic E-state index is 0.106. The first-order chi connectivity index (χ1) is 12.9. The van der Waals surface area contributed by atoms with Gasteiger partial charge in [-0.1, -0.05) is 6.07 Å². The van der Waals surface area contributed by atoms with Gasteiger partial charge >= 0.3 is 0 Å². The lowest BCUT2D eigenvalue weighted by Gasteiger charge is -2.60. The van der Waals surface area contributed by atoms with Gasteiger partial charge in [0.05, 0.1) is 19.3 Å². The molecule has 4 aliphatic rings. The number of hydrogen-bond donors (Lipinski definition) is 1. The van der Waals surface area contributed by atoms with E-state index in [1.54, 1.807) is 7.11 Å². The third-order valence-electron chi connectivity index (χ3n) is 7.91. The largest absolute Gasteiger partial charge is 0.504 e. The summed E-state index contributed by atoms with van der Waals surface area (Å²) in [6, 6.07) is 4.58. The molecule has 1 saturated carbocycles. The molecule has 2 saturated heterocycles. The number of methoxy groups -OCH3 is 1. The van der Waals surface area contributed by atoms with Crippen LogP contribution in [0.2, 0.25) is 0 Å². The number of nitrogens with zero attached hydrogens (tertiary/aromatic N) is 1. The number of hydrogen-bond acceptors (Lipinski definition) is 5. The van der Waals surface area contributed by atoms with E-state index in [9.17, 15) is 5.11 Å². The number of piperidine rings is 1. The summed E-state index contributed by atoms with van der Waals surface area (Å²) in [4.78, 5) is 2.52. The highest BCUT2D eigenvalue weighted by Gasteiger charge is 2.62. The van der Waals surface area contributed by atoms with Gasteiger partial charge in [0.25, 0.3) is 0 Å². The molecule has 5 atom stereocenters. The molecule has 2 heterocycles. The van der Waals surface area contributed by atoms with Crippen LogP contribution in [-0.2, 0) is 21.3 Å². The van der Waals surface area contributed by atoms with Gasteiger partial charge in [0, 0.05) is 29.9 Å². The number of ether oxygens (including phenoxy) is 3. The molecule has 0 amide bonds. The Morgan fingerprint density at radius 2 is 1.93 bits per heavy atom. The van der Waals surface area contributed by atoms with Crippen LogP contribution in [0, 0.1) is 5.92 Å². The zero-order chi connectivity index (χ0) is 19.0. The average molecular weight is 373 g/mol. The van der Waals surface area contributed by atoms with Crippen molar-refractivity contribution in [3.63, 3.8) is 0 Å². The lowest BCUT2D eigenvalue weighted by molar-refractivity contribution is -0.224. The van der Waals surface area contributed by atoms with E-state index in [0.29, 0.717) is 23.5 Å². The Balaban J connectivity index is 1.66. The van der Waals surface area contributed by atoms with Gasteiger partial charge in [0.2, 0.25) is 0 Å². The van der Waals surface area contributed by atoms with E-state index < -0.39 is 5.79 Å². The first-order valence-electron chi connectivity index (χ1n) is 10.3. The maximum absolute atomic E-state index is 11.2. The SMILES string of the molecule is COc1ccc2c(c1O)[C@]13CCN(C)[C@H](C2)C1CCC1(C3)OC(C)C(C)O1. The van der Waals surface area contributed by atoms with Gasteiger partial charge in [-0.2, -0.15) is 0 Å². The fraction of sp³-hybridized carbons (Fsp3) is 0.727. The van der Waals surface area contributed by atoms with Crippen molar-refractivity contribution in [1.29, 1.82) is 0 Å². The molecule has 3 unspecified atom stereocenters. The second-order valence-corrected chi connectivity index (χ2v) is 9.19. The molecular weight excluding hydrogens is 342 g/mol. The van der Waals surface area contributed by atoms with E-state index in [-0.39, 0.29) is 17.6 Å². The van der Waals surface area contributed by atoms with Crippen LogP contribution in [0.4, 0.5) is 0 Å². The Morgan fingerprint density at radius 1 is 1.19 bits per heavy atom. The molecule has 0 radical (unpaired) electrons. The fourth-order valence-electron chi connectivity index (χ4n) is 6.56. The van der Waals surface area contributed by atoms with Crippen LogP contribution >= 0.6 is 0 Å². The number of rotatable bonds is 1. The molecule has 2 aliphatic heterocycles. The molecule has 148 valence electrons. The number of fused-ring (bicyclic) bond motifs is 1. The van der Waals surface area contributed by atoms with Crippen LogP contribution in [0.1, 0.15) is 50.7 Å². The Kier molecular flexibility index (Phi) is 3.85. The Hall–Kier alpha value is -1.30. The Bertz CT molecular complexity index is 755. The van der Waals surface area contributed by atoms with E-state index in [4.69, 9.17) is 14.2 Å². The highest BCUT2D eigenvalue weighted by atomic mass is 16.8. The smallest absolute Gasteiger partial charge is 0.170 e. The molecule has 2 bridgehead atoms.